The first kappa shape index (κ1) is 26.3. The highest BCUT2D eigenvalue weighted by atomic mass is 19.2. The molecule has 6 nitrogen and oxygen atoms in total. The monoisotopic (exact) mass is 525 g/mol. The fraction of sp³-hybridized carbons (Fsp3) is 0.346. The molecule has 0 radical (unpaired) electrons. The third-order valence-electron chi connectivity index (χ3n) is 6.82. The first-order valence-corrected chi connectivity index (χ1v) is 11.2. The van der Waals surface area contributed by atoms with E-state index < -0.39 is 63.8 Å². The average molecular weight is 525 g/mol. The van der Waals surface area contributed by atoms with Gasteiger partial charge >= 0.3 is 0 Å². The largest absolute Gasteiger partial charge is 0.502 e. The summed E-state index contributed by atoms with van der Waals surface area (Å²) in [5.41, 5.74) is -13.0. The van der Waals surface area contributed by atoms with Gasteiger partial charge in [-0.1, -0.05) is 6.07 Å². The second-order valence-corrected chi connectivity index (χ2v) is 8.88. The van der Waals surface area contributed by atoms with Crippen LogP contribution in [0.1, 0.15) is 42.0 Å². The number of hydrogen-bond acceptors (Lipinski definition) is 5. The highest BCUT2D eigenvalue weighted by Crippen LogP contribution is 2.66. The first-order valence-electron chi connectivity index (χ1n) is 11.2. The Balaban J connectivity index is 1.79. The summed E-state index contributed by atoms with van der Waals surface area (Å²) in [6.07, 6.45) is -2.81. The first-order chi connectivity index (χ1) is 17.4. The number of amides is 1. The van der Waals surface area contributed by atoms with Crippen molar-refractivity contribution in [1.29, 1.82) is 0 Å². The molecule has 4 atom stereocenters. The van der Waals surface area contributed by atoms with Gasteiger partial charge in [-0.15, -0.1) is 0 Å². The van der Waals surface area contributed by atoms with E-state index in [4.69, 9.17) is 13.9 Å². The van der Waals surface area contributed by atoms with E-state index in [0.29, 0.717) is 18.8 Å². The zero-order chi connectivity index (χ0) is 27.2. The normalized spacial score (nSPS) is 25.4. The van der Waals surface area contributed by atoms with E-state index in [2.05, 4.69) is 5.32 Å². The van der Waals surface area contributed by atoms with Crippen LogP contribution in [0, 0.1) is 5.82 Å². The van der Waals surface area contributed by atoms with Gasteiger partial charge in [-0.2, -0.15) is 0 Å². The predicted molar refractivity (Wildman–Crippen MR) is 122 cm³/mol. The van der Waals surface area contributed by atoms with Crippen molar-refractivity contribution >= 4 is 5.91 Å². The molecule has 2 aromatic carbocycles. The third kappa shape index (κ3) is 3.96. The number of aromatic hydroxyl groups is 1. The van der Waals surface area contributed by atoms with Crippen LogP contribution < -0.4 is 14.8 Å². The number of benzene rings is 2. The van der Waals surface area contributed by atoms with E-state index in [1.54, 1.807) is 6.07 Å². The molecular formula is C26H24F5NO5. The molecule has 0 fully saturated rings. The number of phenols is 1. The minimum atomic E-state index is -3.72. The molecule has 3 aromatic rings. The minimum absolute atomic E-state index is 0.166. The number of carbonyl (C=O) groups is 1. The van der Waals surface area contributed by atoms with Crippen molar-refractivity contribution in [3.05, 3.63) is 77.0 Å². The van der Waals surface area contributed by atoms with Crippen LogP contribution in [0.5, 0.6) is 17.2 Å². The Kier molecular flexibility index (Phi) is 6.60. The van der Waals surface area contributed by atoms with Gasteiger partial charge in [0.15, 0.2) is 29.0 Å². The molecular weight excluding hydrogens is 501 g/mol. The lowest BCUT2D eigenvalue weighted by Gasteiger charge is -2.39. The summed E-state index contributed by atoms with van der Waals surface area (Å²) in [6.45, 7) is 0.326. The Bertz CT molecular complexity index is 1290. The standard InChI is InChI=1S/C26H24F5NO5/c1-24(29)25(30,12-21(33)32-13-16-5-4-8-37-16)18-11-15(27)6-7-17(18)26(24,31)23(28)14-9-19(35-2)22(34)20(10-14)36-3/h4-11,23,34H,12-13H2,1-3H3,(H,32,33). The lowest BCUT2D eigenvalue weighted by atomic mass is 9.75. The number of nitrogens with one attached hydrogen (secondary N) is 1. The van der Waals surface area contributed by atoms with Gasteiger partial charge < -0.3 is 24.3 Å². The second kappa shape index (κ2) is 9.28. The lowest BCUT2D eigenvalue weighted by molar-refractivity contribution is -0.159. The number of halogens is 5. The maximum absolute atomic E-state index is 16.8. The fourth-order valence-electron chi connectivity index (χ4n) is 4.76. The van der Waals surface area contributed by atoms with Crippen LogP contribution in [-0.2, 0) is 22.7 Å². The van der Waals surface area contributed by atoms with E-state index in [9.17, 15) is 14.3 Å². The van der Waals surface area contributed by atoms with Crippen LogP contribution in [-0.4, -0.2) is 30.9 Å². The molecule has 0 spiro atoms. The van der Waals surface area contributed by atoms with Crippen molar-refractivity contribution in [3.63, 3.8) is 0 Å². The summed E-state index contributed by atoms with van der Waals surface area (Å²) in [7, 11) is 2.30. The van der Waals surface area contributed by atoms with E-state index in [-0.39, 0.29) is 18.0 Å². The lowest BCUT2D eigenvalue weighted by Crippen LogP contribution is -2.53. The molecule has 2 N–H and O–H groups in total. The fourth-order valence-corrected chi connectivity index (χ4v) is 4.76. The molecule has 1 aliphatic rings. The van der Waals surface area contributed by atoms with Crippen molar-refractivity contribution in [2.75, 3.05) is 14.2 Å². The van der Waals surface area contributed by atoms with Crippen LogP contribution in [0.25, 0.3) is 0 Å². The number of fused-ring (bicyclic) bond motifs is 1. The van der Waals surface area contributed by atoms with Crippen LogP contribution in [0.4, 0.5) is 22.0 Å². The number of ether oxygens (including phenoxy) is 2. The van der Waals surface area contributed by atoms with Crippen LogP contribution in [0.2, 0.25) is 0 Å². The van der Waals surface area contributed by atoms with E-state index >= 15 is 17.6 Å². The van der Waals surface area contributed by atoms with Crippen LogP contribution in [0.15, 0.2) is 53.1 Å². The number of alkyl halides is 4. The molecule has 4 rings (SSSR count). The van der Waals surface area contributed by atoms with Gasteiger partial charge in [-0.3, -0.25) is 4.79 Å². The molecule has 1 heterocycles. The van der Waals surface area contributed by atoms with Gasteiger partial charge in [0.05, 0.1) is 33.4 Å². The van der Waals surface area contributed by atoms with Crippen LogP contribution >= 0.6 is 0 Å². The van der Waals surface area contributed by atoms with Gasteiger partial charge in [-0.05, 0) is 48.9 Å². The Morgan fingerprint density at radius 1 is 1.08 bits per heavy atom. The smallest absolute Gasteiger partial charge is 0.224 e. The summed E-state index contributed by atoms with van der Waals surface area (Å²) in [6, 6.07) is 6.97. The molecule has 4 unspecified atom stereocenters. The number of furan rings is 1. The molecule has 1 aliphatic carbocycles. The molecule has 37 heavy (non-hydrogen) atoms. The topological polar surface area (TPSA) is 80.9 Å². The quantitative estimate of drug-likeness (QED) is 0.373. The van der Waals surface area contributed by atoms with Crippen molar-refractivity contribution in [1.82, 2.24) is 5.32 Å². The molecule has 11 heteroatoms. The zero-order valence-electron chi connectivity index (χ0n) is 20.1. The number of methoxy groups -OCH3 is 2. The van der Waals surface area contributed by atoms with Crippen molar-refractivity contribution in [3.8, 4) is 17.2 Å². The van der Waals surface area contributed by atoms with Gasteiger partial charge in [-0.25, -0.2) is 22.0 Å². The Hall–Kier alpha value is -3.76. The maximum Gasteiger partial charge on any atom is 0.224 e. The zero-order valence-corrected chi connectivity index (χ0v) is 20.1. The summed E-state index contributed by atoms with van der Waals surface area (Å²) >= 11 is 0. The van der Waals surface area contributed by atoms with E-state index in [0.717, 1.165) is 38.5 Å². The second-order valence-electron chi connectivity index (χ2n) is 8.88. The molecule has 0 aliphatic heterocycles. The highest BCUT2D eigenvalue weighted by Gasteiger charge is 2.75. The average Bonchev–Trinajstić information content (AvgIpc) is 3.43. The van der Waals surface area contributed by atoms with Gasteiger partial charge in [0.1, 0.15) is 11.6 Å². The molecule has 0 bridgehead atoms. The predicted octanol–water partition coefficient (Wildman–Crippen LogP) is 5.63. The van der Waals surface area contributed by atoms with Gasteiger partial charge in [0.2, 0.25) is 17.3 Å². The van der Waals surface area contributed by atoms with E-state index in [1.807, 2.05) is 0 Å². The minimum Gasteiger partial charge on any atom is -0.502 e. The Labute approximate surface area is 209 Å². The number of rotatable bonds is 8. The van der Waals surface area contributed by atoms with Gasteiger partial charge in [0.25, 0.3) is 0 Å². The number of carbonyl (C=O) groups excluding carboxylic acids is 1. The summed E-state index contributed by atoms with van der Waals surface area (Å²) in [5, 5.41) is 12.5. The maximum atomic E-state index is 16.8. The summed E-state index contributed by atoms with van der Waals surface area (Å²) in [5.74, 6) is -2.87. The Morgan fingerprint density at radius 3 is 2.30 bits per heavy atom. The molecule has 0 saturated carbocycles. The van der Waals surface area contributed by atoms with Crippen molar-refractivity contribution in [2.45, 2.75) is 43.1 Å². The molecule has 1 amide bonds. The van der Waals surface area contributed by atoms with Crippen molar-refractivity contribution < 1.29 is 45.7 Å². The van der Waals surface area contributed by atoms with Crippen LogP contribution in [0.3, 0.4) is 0 Å². The number of phenolic OH excluding ortho intramolecular Hbond substituents is 1. The summed E-state index contributed by atoms with van der Waals surface area (Å²) < 4.78 is 95.1. The highest BCUT2D eigenvalue weighted by molar-refractivity contribution is 5.78. The van der Waals surface area contributed by atoms with Crippen molar-refractivity contribution in [2.24, 2.45) is 0 Å². The number of hydrogen-bond donors (Lipinski definition) is 2. The molecule has 0 saturated heterocycles. The SMILES string of the molecule is COc1cc(C(F)C2(F)c3ccc(F)cc3C(F)(CC(=O)NCc3ccco3)C2(C)F)cc(OC)c1O. The third-order valence-corrected chi connectivity index (χ3v) is 6.82. The molecule has 198 valence electrons. The Morgan fingerprint density at radius 2 is 1.73 bits per heavy atom. The molecule has 1 aromatic heterocycles. The van der Waals surface area contributed by atoms with E-state index in [1.165, 1.54) is 12.3 Å². The van der Waals surface area contributed by atoms with Gasteiger partial charge in [0, 0.05) is 11.1 Å². The summed E-state index contributed by atoms with van der Waals surface area (Å²) in [4.78, 5) is 12.6.